The minimum absolute atomic E-state index is 0. The van der Waals surface area contributed by atoms with Crippen molar-refractivity contribution >= 4 is 71.7 Å². The summed E-state index contributed by atoms with van der Waals surface area (Å²) in [5, 5.41) is 0. The van der Waals surface area contributed by atoms with E-state index < -0.39 is 0 Å². The number of H-pyrrole nitrogens is 2. The van der Waals surface area contributed by atoms with Crippen LogP contribution in [0.2, 0.25) is 0 Å². The van der Waals surface area contributed by atoms with Crippen LogP contribution in [-0.4, -0.2) is 45.8 Å². The first-order chi connectivity index (χ1) is 23.8. The van der Waals surface area contributed by atoms with Crippen LogP contribution >= 0.6 is 0 Å². The fourth-order valence-corrected chi connectivity index (χ4v) is 6.78. The van der Waals surface area contributed by atoms with Crippen LogP contribution in [-0.2, 0) is 0 Å². The van der Waals surface area contributed by atoms with Gasteiger partial charge in [0.2, 0.25) is 0 Å². The second-order valence-corrected chi connectivity index (χ2v) is 12.0. The van der Waals surface area contributed by atoms with E-state index in [-0.39, 0.29) is 25.8 Å². The molecule has 4 aromatic carbocycles. The second kappa shape index (κ2) is 13.1. The molecule has 0 unspecified atom stereocenters. The maximum atomic E-state index is 5.42. The molecule has 0 radical (unpaired) electrons. The van der Waals surface area contributed by atoms with Crippen molar-refractivity contribution in [2.24, 2.45) is 0 Å². The van der Waals surface area contributed by atoms with E-state index in [1.165, 1.54) is 0 Å². The van der Waals surface area contributed by atoms with Crippen molar-refractivity contribution in [1.82, 2.24) is 19.9 Å². The summed E-state index contributed by atoms with van der Waals surface area (Å²) in [7, 11) is 0. The molecule has 2 aliphatic rings. The molecular formula is C44H30InN4+3. The van der Waals surface area contributed by atoms with E-state index in [2.05, 4.69) is 180 Å². The van der Waals surface area contributed by atoms with Crippen molar-refractivity contribution in [2.45, 2.75) is 0 Å². The average Bonchev–Trinajstić information content (AvgIpc) is 3.94. The van der Waals surface area contributed by atoms with Gasteiger partial charge < -0.3 is 9.97 Å². The molecule has 0 atom stereocenters. The molecule has 7 aromatic rings. The van der Waals surface area contributed by atoms with Crippen molar-refractivity contribution in [3.8, 4) is 33.4 Å². The smallest absolute Gasteiger partial charge is 0.355 e. The second-order valence-electron chi connectivity index (χ2n) is 12.0. The van der Waals surface area contributed by atoms with Crippen LogP contribution in [0.4, 0.5) is 0 Å². The van der Waals surface area contributed by atoms with Crippen molar-refractivity contribution in [3.05, 3.63) is 180 Å². The molecule has 0 spiro atoms. The molecule has 2 N–H and O–H groups in total. The number of benzene rings is 4. The van der Waals surface area contributed by atoms with Crippen LogP contribution in [0.1, 0.15) is 28.3 Å². The molecule has 9 rings (SSSR count). The topological polar surface area (TPSA) is 57.4 Å². The van der Waals surface area contributed by atoms with Crippen LogP contribution in [0.15, 0.2) is 152 Å². The van der Waals surface area contributed by atoms with Crippen molar-refractivity contribution in [2.75, 3.05) is 0 Å². The normalized spacial score (nSPS) is 12.0. The van der Waals surface area contributed by atoms with Crippen LogP contribution in [0.25, 0.3) is 79.2 Å². The minimum Gasteiger partial charge on any atom is -0.355 e. The van der Waals surface area contributed by atoms with E-state index in [4.69, 9.17) is 9.97 Å². The van der Waals surface area contributed by atoms with E-state index in [1.54, 1.807) is 0 Å². The Balaban J connectivity index is 0.00000348. The van der Waals surface area contributed by atoms with E-state index >= 15 is 0 Å². The van der Waals surface area contributed by atoms with Crippen LogP contribution in [0, 0.1) is 0 Å². The third-order valence-corrected chi connectivity index (χ3v) is 8.89. The van der Waals surface area contributed by atoms with Gasteiger partial charge in [0.1, 0.15) is 0 Å². The summed E-state index contributed by atoms with van der Waals surface area (Å²) in [6.45, 7) is 0. The molecule has 8 bridgehead atoms. The number of hydrogen-bond donors (Lipinski definition) is 2. The zero-order chi connectivity index (χ0) is 31.9. The van der Waals surface area contributed by atoms with Crippen molar-refractivity contribution < 1.29 is 0 Å². The summed E-state index contributed by atoms with van der Waals surface area (Å²) in [6.07, 6.45) is 6.35. The molecule has 0 aliphatic carbocycles. The largest absolute Gasteiger partial charge is 3.00 e. The molecular weight excluding hydrogens is 699 g/mol. The first-order valence-corrected chi connectivity index (χ1v) is 16.2. The maximum absolute atomic E-state index is 5.42. The fourth-order valence-electron chi connectivity index (χ4n) is 6.78. The van der Waals surface area contributed by atoms with Gasteiger partial charge in [-0.3, -0.25) is 0 Å². The predicted molar refractivity (Wildman–Crippen MR) is 205 cm³/mol. The van der Waals surface area contributed by atoms with Crippen molar-refractivity contribution in [1.29, 1.82) is 0 Å². The first-order valence-electron chi connectivity index (χ1n) is 16.2. The molecule has 3 aromatic heterocycles. The SMILES string of the molecule is C1=Cc2cc3[nH]c(c(-c4ccccc4)c4nc(cc5ccc(cc1n2)[nH]5)C=C4c1ccccc1)c(-c1ccccc1)c3-c1ccccc1.[In+3]. The number of hydrogen-bond acceptors (Lipinski definition) is 2. The molecule has 5 heteroatoms. The summed E-state index contributed by atoms with van der Waals surface area (Å²) in [5.74, 6) is 0. The Morgan fingerprint density at radius 1 is 0.408 bits per heavy atom. The summed E-state index contributed by atoms with van der Waals surface area (Å²) >= 11 is 0. The van der Waals surface area contributed by atoms with E-state index in [1.807, 2.05) is 0 Å². The molecule has 0 saturated carbocycles. The van der Waals surface area contributed by atoms with Gasteiger partial charge in [-0.1, -0.05) is 121 Å². The number of aromatic nitrogens is 4. The third kappa shape index (κ3) is 5.87. The van der Waals surface area contributed by atoms with Gasteiger partial charge in [-0.2, -0.15) is 0 Å². The quantitative estimate of drug-likeness (QED) is 0.190. The van der Waals surface area contributed by atoms with Gasteiger partial charge >= 0.3 is 25.8 Å². The molecule has 4 nitrogen and oxygen atoms in total. The third-order valence-electron chi connectivity index (χ3n) is 8.89. The van der Waals surface area contributed by atoms with Gasteiger partial charge in [0, 0.05) is 38.8 Å². The van der Waals surface area contributed by atoms with Crippen LogP contribution in [0.3, 0.4) is 0 Å². The van der Waals surface area contributed by atoms with Crippen LogP contribution in [0.5, 0.6) is 0 Å². The van der Waals surface area contributed by atoms with E-state index in [9.17, 15) is 0 Å². The minimum atomic E-state index is 0. The first kappa shape index (κ1) is 30.7. The summed E-state index contributed by atoms with van der Waals surface area (Å²) in [6, 6.07) is 53.0. The zero-order valence-corrected chi connectivity index (χ0v) is 29.9. The predicted octanol–water partition coefficient (Wildman–Crippen LogP) is 10.7. The number of rotatable bonds is 4. The molecule has 0 amide bonds. The zero-order valence-electron chi connectivity index (χ0n) is 26.6. The Hall–Kier alpha value is -5.65. The molecule has 49 heavy (non-hydrogen) atoms. The van der Waals surface area contributed by atoms with Gasteiger partial charge in [-0.05, 0) is 70.8 Å². The van der Waals surface area contributed by atoms with E-state index in [0.717, 1.165) is 89.4 Å². The summed E-state index contributed by atoms with van der Waals surface area (Å²) < 4.78 is 0. The van der Waals surface area contributed by atoms with Gasteiger partial charge in [-0.15, -0.1) is 0 Å². The van der Waals surface area contributed by atoms with Gasteiger partial charge in [0.25, 0.3) is 0 Å². The summed E-state index contributed by atoms with van der Waals surface area (Å²) in [4.78, 5) is 17.9. The number of nitrogens with one attached hydrogen (secondary N) is 2. The Labute approximate surface area is 303 Å². The number of fused-ring (bicyclic) bond motifs is 8. The van der Waals surface area contributed by atoms with Crippen LogP contribution < -0.4 is 0 Å². The molecule has 5 heterocycles. The Morgan fingerprint density at radius 2 is 0.898 bits per heavy atom. The Morgan fingerprint density at radius 3 is 1.49 bits per heavy atom. The molecule has 2 aliphatic heterocycles. The molecule has 226 valence electrons. The van der Waals surface area contributed by atoms with Gasteiger partial charge in [0.05, 0.1) is 28.3 Å². The molecule has 0 saturated heterocycles. The monoisotopic (exact) mass is 729 g/mol. The average molecular weight is 730 g/mol. The Bertz CT molecular complexity index is 2530. The standard InChI is InChI=1S/C44H30N4.In/c1-5-13-29(14-6-1)38-27-37-26-35-22-21-33(45-35)25-34-23-24-36(46-34)28-39-40(30-15-7-2-8-16-30)41(31-17-9-3-10-18-31)44(48-39)42(43(38)47-37)32-19-11-4-12-20-32;/h1-28,45,48H;/q;+3. The fraction of sp³-hybridized carbons (Fsp3) is 0. The van der Waals surface area contributed by atoms with Crippen molar-refractivity contribution in [3.63, 3.8) is 0 Å². The van der Waals surface area contributed by atoms with Gasteiger partial charge in [0.15, 0.2) is 0 Å². The molecule has 0 fully saturated rings. The van der Waals surface area contributed by atoms with Gasteiger partial charge in [-0.25, -0.2) is 9.97 Å². The number of nitrogens with zero attached hydrogens (tertiary/aromatic N) is 2. The number of aromatic amines is 2. The summed E-state index contributed by atoms with van der Waals surface area (Å²) in [5.41, 5.74) is 16.3. The Kier molecular flexibility index (Phi) is 8.20. The maximum Gasteiger partial charge on any atom is 3.00 e. The van der Waals surface area contributed by atoms with E-state index in [0.29, 0.717) is 0 Å².